The first-order valence-electron chi connectivity index (χ1n) is 7.13. The number of benzene rings is 1. The molecule has 4 rings (SSSR count). The molecule has 3 aromatic rings. The van der Waals surface area contributed by atoms with Crippen LogP contribution in [0.3, 0.4) is 0 Å². The van der Waals surface area contributed by atoms with Crippen molar-refractivity contribution >= 4 is 22.8 Å². The second-order valence-electron chi connectivity index (χ2n) is 5.28. The minimum atomic E-state index is 0.00745. The molecule has 1 saturated heterocycles. The number of aromatic nitrogens is 4. The van der Waals surface area contributed by atoms with Crippen molar-refractivity contribution in [2.24, 2.45) is 0 Å². The summed E-state index contributed by atoms with van der Waals surface area (Å²) in [7, 11) is 0. The Morgan fingerprint density at radius 2 is 2.32 bits per heavy atom. The molecule has 0 amide bonds. The Morgan fingerprint density at radius 3 is 3.18 bits per heavy atom. The van der Waals surface area contributed by atoms with Crippen LogP contribution in [-0.4, -0.2) is 43.5 Å². The van der Waals surface area contributed by atoms with Gasteiger partial charge < -0.3 is 9.26 Å². The van der Waals surface area contributed by atoms with E-state index < -0.39 is 0 Å². The fourth-order valence-electron chi connectivity index (χ4n) is 2.72. The molecule has 8 heteroatoms. The smallest absolute Gasteiger partial charge is 0.223 e. The van der Waals surface area contributed by atoms with E-state index in [2.05, 4.69) is 29.9 Å². The van der Waals surface area contributed by atoms with Crippen LogP contribution in [0, 0.1) is 6.92 Å². The topological polar surface area (TPSA) is 77.2 Å². The van der Waals surface area contributed by atoms with E-state index >= 15 is 0 Å². The van der Waals surface area contributed by atoms with E-state index in [4.69, 9.17) is 9.26 Å². The average molecular weight is 317 g/mol. The minimum Gasteiger partial charge on any atom is -0.378 e. The maximum Gasteiger partial charge on any atom is 0.223 e. The van der Waals surface area contributed by atoms with Gasteiger partial charge in [0.05, 0.1) is 31.0 Å². The van der Waals surface area contributed by atoms with Crippen molar-refractivity contribution in [2.45, 2.75) is 19.5 Å². The summed E-state index contributed by atoms with van der Waals surface area (Å²) >= 11 is 1.25. The first-order chi connectivity index (χ1) is 10.8. The van der Waals surface area contributed by atoms with Crippen molar-refractivity contribution in [3.05, 3.63) is 35.5 Å². The lowest BCUT2D eigenvalue weighted by atomic mass is 10.1. The van der Waals surface area contributed by atoms with E-state index in [0.717, 1.165) is 24.1 Å². The van der Waals surface area contributed by atoms with Gasteiger partial charge in [-0.25, -0.2) is 0 Å². The van der Waals surface area contributed by atoms with Crippen molar-refractivity contribution in [2.75, 3.05) is 19.8 Å². The van der Waals surface area contributed by atoms with Crippen LogP contribution in [0.1, 0.15) is 23.3 Å². The number of hydrogen-bond acceptors (Lipinski definition) is 8. The fraction of sp³-hybridized carbons (Fsp3) is 0.429. The summed E-state index contributed by atoms with van der Waals surface area (Å²) in [5.74, 6) is 1.26. The molecule has 1 aliphatic rings. The summed E-state index contributed by atoms with van der Waals surface area (Å²) in [6, 6.07) is 6.11. The quantitative estimate of drug-likeness (QED) is 0.730. The van der Waals surface area contributed by atoms with E-state index in [1.807, 2.05) is 12.1 Å². The third kappa shape index (κ3) is 2.49. The Balaban J connectivity index is 1.63. The largest absolute Gasteiger partial charge is 0.378 e. The molecule has 0 spiro atoms. The van der Waals surface area contributed by atoms with Crippen molar-refractivity contribution in [3.8, 4) is 0 Å². The average Bonchev–Trinajstić information content (AvgIpc) is 3.17. The molecule has 1 aliphatic heterocycles. The van der Waals surface area contributed by atoms with E-state index in [0.29, 0.717) is 24.9 Å². The zero-order chi connectivity index (χ0) is 14.9. The van der Waals surface area contributed by atoms with Crippen molar-refractivity contribution < 1.29 is 9.26 Å². The summed E-state index contributed by atoms with van der Waals surface area (Å²) in [6.07, 6.45) is 0. The molecule has 0 N–H and O–H groups in total. The van der Waals surface area contributed by atoms with Gasteiger partial charge in [0.1, 0.15) is 11.0 Å². The van der Waals surface area contributed by atoms with E-state index in [-0.39, 0.29) is 6.04 Å². The van der Waals surface area contributed by atoms with Crippen LogP contribution in [0.2, 0.25) is 0 Å². The van der Waals surface area contributed by atoms with Crippen LogP contribution >= 0.6 is 11.7 Å². The first-order valence-corrected chi connectivity index (χ1v) is 7.86. The molecule has 0 saturated carbocycles. The molecule has 1 aromatic carbocycles. The molecule has 1 fully saturated rings. The molecule has 0 bridgehead atoms. The zero-order valence-electron chi connectivity index (χ0n) is 12.1. The molecular weight excluding hydrogens is 302 g/mol. The van der Waals surface area contributed by atoms with Gasteiger partial charge in [0.25, 0.3) is 0 Å². The maximum atomic E-state index is 5.60. The molecule has 22 heavy (non-hydrogen) atoms. The minimum absolute atomic E-state index is 0.00745. The Hall–Kier alpha value is -1.90. The summed E-state index contributed by atoms with van der Waals surface area (Å²) in [6.45, 7) is 4.67. The second-order valence-corrected chi connectivity index (χ2v) is 5.81. The molecule has 7 nitrogen and oxygen atoms in total. The van der Waals surface area contributed by atoms with Gasteiger partial charge in [0, 0.05) is 20.0 Å². The summed E-state index contributed by atoms with van der Waals surface area (Å²) in [5.41, 5.74) is 3.09. The molecule has 1 unspecified atom stereocenters. The molecule has 2 aromatic heterocycles. The van der Waals surface area contributed by atoms with Gasteiger partial charge in [0.2, 0.25) is 5.89 Å². The number of morpholine rings is 1. The Bertz CT molecular complexity index is 786. The second kappa shape index (κ2) is 5.71. The van der Waals surface area contributed by atoms with Crippen molar-refractivity contribution in [1.82, 2.24) is 23.8 Å². The molecule has 1 atom stereocenters. The van der Waals surface area contributed by atoms with Gasteiger partial charge >= 0.3 is 0 Å². The third-order valence-corrected chi connectivity index (χ3v) is 4.37. The van der Waals surface area contributed by atoms with Crippen molar-refractivity contribution in [1.29, 1.82) is 0 Å². The summed E-state index contributed by atoms with van der Waals surface area (Å²) in [5, 5.41) is 4.05. The zero-order valence-corrected chi connectivity index (χ0v) is 12.9. The number of rotatable bonds is 3. The Labute approximate surface area is 131 Å². The molecule has 3 heterocycles. The van der Waals surface area contributed by atoms with Gasteiger partial charge in [-0.2, -0.15) is 13.7 Å². The van der Waals surface area contributed by atoms with Crippen LogP contribution < -0.4 is 0 Å². The number of aryl methyl sites for hydroxylation is 1. The molecule has 0 aliphatic carbocycles. The lowest BCUT2D eigenvalue weighted by molar-refractivity contribution is -0.0164. The standard InChI is InChI=1S/C14H15N5O2S/c1-9-15-14(16-21-9)12-8-20-6-5-19(12)7-10-3-2-4-11-13(10)18-22-17-11/h2-4,12H,5-8H2,1H3. The van der Waals surface area contributed by atoms with Gasteiger partial charge in [-0.3, -0.25) is 4.90 Å². The molecule has 114 valence electrons. The highest BCUT2D eigenvalue weighted by molar-refractivity contribution is 7.00. The SMILES string of the molecule is Cc1nc(C2COCCN2Cc2cccc3nsnc23)no1. The van der Waals surface area contributed by atoms with Crippen LogP contribution in [0.5, 0.6) is 0 Å². The molecule has 0 radical (unpaired) electrons. The Morgan fingerprint density at radius 1 is 1.36 bits per heavy atom. The lowest BCUT2D eigenvalue weighted by Gasteiger charge is -2.33. The van der Waals surface area contributed by atoms with Gasteiger partial charge in [-0.15, -0.1) is 0 Å². The van der Waals surface area contributed by atoms with E-state index in [1.54, 1.807) is 6.92 Å². The number of hydrogen-bond donors (Lipinski definition) is 0. The normalized spacial score (nSPS) is 19.8. The number of ether oxygens (including phenoxy) is 1. The number of fused-ring (bicyclic) bond motifs is 1. The van der Waals surface area contributed by atoms with Crippen LogP contribution in [0.4, 0.5) is 0 Å². The predicted molar refractivity (Wildman–Crippen MR) is 80.4 cm³/mol. The van der Waals surface area contributed by atoms with Gasteiger partial charge in [-0.05, 0) is 11.6 Å². The maximum absolute atomic E-state index is 5.60. The summed E-state index contributed by atoms with van der Waals surface area (Å²) < 4.78 is 19.4. The van der Waals surface area contributed by atoms with Gasteiger partial charge in [-0.1, -0.05) is 17.3 Å². The van der Waals surface area contributed by atoms with Gasteiger partial charge in [0.15, 0.2) is 5.82 Å². The molecular formula is C14H15N5O2S. The highest BCUT2D eigenvalue weighted by atomic mass is 32.1. The fourth-order valence-corrected chi connectivity index (χ4v) is 3.29. The predicted octanol–water partition coefficient (Wildman–Crippen LogP) is 1.96. The highest BCUT2D eigenvalue weighted by Crippen LogP contribution is 2.26. The van der Waals surface area contributed by atoms with Crippen LogP contribution in [0.25, 0.3) is 11.0 Å². The van der Waals surface area contributed by atoms with Crippen LogP contribution in [-0.2, 0) is 11.3 Å². The Kier molecular flexibility index (Phi) is 3.57. The van der Waals surface area contributed by atoms with E-state index in [1.165, 1.54) is 17.3 Å². The monoisotopic (exact) mass is 317 g/mol. The van der Waals surface area contributed by atoms with E-state index in [9.17, 15) is 0 Å². The van der Waals surface area contributed by atoms with Crippen molar-refractivity contribution in [3.63, 3.8) is 0 Å². The third-order valence-electron chi connectivity index (χ3n) is 3.82. The number of nitrogens with zero attached hydrogens (tertiary/aromatic N) is 5. The summed E-state index contributed by atoms with van der Waals surface area (Å²) in [4.78, 5) is 6.66. The lowest BCUT2D eigenvalue weighted by Crippen LogP contribution is -2.39. The first kappa shape index (κ1) is 13.7. The van der Waals surface area contributed by atoms with Crippen LogP contribution in [0.15, 0.2) is 22.7 Å². The highest BCUT2D eigenvalue weighted by Gasteiger charge is 2.29.